The highest BCUT2D eigenvalue weighted by Crippen LogP contribution is 2.42. The molecule has 0 unspecified atom stereocenters. The average molecular weight is 681 g/mol. The summed E-state index contributed by atoms with van der Waals surface area (Å²) >= 11 is 0. The van der Waals surface area contributed by atoms with Crippen LogP contribution in [-0.2, 0) is 17.3 Å². The van der Waals surface area contributed by atoms with E-state index in [4.69, 9.17) is 4.74 Å². The first-order valence-corrected chi connectivity index (χ1v) is 15.7. The van der Waals surface area contributed by atoms with Crippen LogP contribution in [0.2, 0.25) is 0 Å². The fraction of sp³-hybridized carbons (Fsp3) is 0.351. The third-order valence-corrected chi connectivity index (χ3v) is 8.61. The molecule has 0 aliphatic heterocycles. The van der Waals surface area contributed by atoms with Gasteiger partial charge in [-0.05, 0) is 103 Å². The number of halogens is 9. The normalized spacial score (nSPS) is 17.0. The fourth-order valence-electron chi connectivity index (χ4n) is 6.14. The van der Waals surface area contributed by atoms with Crippen LogP contribution in [-0.4, -0.2) is 12.5 Å². The average Bonchev–Trinajstić information content (AvgIpc) is 3.01. The number of hydrogen-bond donors (Lipinski definition) is 0. The van der Waals surface area contributed by atoms with Crippen molar-refractivity contribution in [3.8, 4) is 28.0 Å². The van der Waals surface area contributed by atoms with Crippen molar-refractivity contribution >= 4 is 0 Å². The molecule has 4 aromatic carbocycles. The van der Waals surface area contributed by atoms with Crippen LogP contribution in [0.5, 0.6) is 5.75 Å². The Morgan fingerprint density at radius 3 is 1.85 bits per heavy atom. The second kappa shape index (κ2) is 14.6. The molecule has 0 spiro atoms. The van der Waals surface area contributed by atoms with Gasteiger partial charge < -0.3 is 9.47 Å². The number of rotatable bonds is 11. The maximum atomic E-state index is 15.2. The second-order valence-corrected chi connectivity index (χ2v) is 12.0. The molecular formula is C37H33F9O2. The molecule has 0 aromatic heterocycles. The molecule has 11 heteroatoms. The minimum absolute atomic E-state index is 0.00591. The summed E-state index contributed by atoms with van der Waals surface area (Å²) in [5.41, 5.74) is 0.714. The van der Waals surface area contributed by atoms with Crippen molar-refractivity contribution < 1.29 is 49.0 Å². The van der Waals surface area contributed by atoms with Crippen LogP contribution in [0.3, 0.4) is 0 Å². The van der Waals surface area contributed by atoms with E-state index >= 15 is 22.0 Å². The number of unbranched alkanes of at least 4 members (excludes halogenated alkanes) is 2. The van der Waals surface area contributed by atoms with E-state index in [1.807, 2.05) is 12.1 Å². The van der Waals surface area contributed by atoms with Gasteiger partial charge in [-0.3, -0.25) is 0 Å². The first-order chi connectivity index (χ1) is 22.7. The topological polar surface area (TPSA) is 18.5 Å². The fourth-order valence-corrected chi connectivity index (χ4v) is 6.14. The lowest BCUT2D eigenvalue weighted by molar-refractivity contribution is -0.280. The Bertz CT molecular complexity index is 1690. The van der Waals surface area contributed by atoms with Gasteiger partial charge in [-0.2, -0.15) is 8.78 Å². The number of ether oxygens (including phenoxy) is 2. The summed E-state index contributed by atoms with van der Waals surface area (Å²) < 4.78 is 135. The molecule has 1 fully saturated rings. The minimum atomic E-state index is -5.09. The lowest BCUT2D eigenvalue weighted by Gasteiger charge is -2.31. The van der Waals surface area contributed by atoms with E-state index in [1.54, 1.807) is 18.2 Å². The molecule has 48 heavy (non-hydrogen) atoms. The number of aryl methyl sites for hydroxylation is 1. The van der Waals surface area contributed by atoms with E-state index < -0.39 is 53.2 Å². The van der Waals surface area contributed by atoms with Crippen LogP contribution in [0.4, 0.5) is 39.5 Å². The lowest BCUT2D eigenvalue weighted by atomic mass is 9.82. The molecule has 0 heterocycles. The smallest absolute Gasteiger partial charge is 0.403 e. The zero-order valence-corrected chi connectivity index (χ0v) is 26.0. The minimum Gasteiger partial charge on any atom is -0.403 e. The van der Waals surface area contributed by atoms with E-state index in [2.05, 4.69) is 11.7 Å². The molecule has 0 bridgehead atoms. The molecule has 256 valence electrons. The molecular weight excluding hydrogens is 647 g/mol. The maximum absolute atomic E-state index is 15.2. The SMILES string of the molecule is CCCCCc1ccc(-c2cc(F)c(C(F)(F)OC3CCC(c4ccc(-c5ccc(OC(F)(F)F)c(F)c5)c(F)c4)CC3)c(F)c2)cc1. The Morgan fingerprint density at radius 1 is 0.646 bits per heavy atom. The van der Waals surface area contributed by atoms with E-state index in [-0.39, 0.29) is 35.4 Å². The quantitative estimate of drug-likeness (QED) is 0.116. The summed E-state index contributed by atoms with van der Waals surface area (Å²) in [6.07, 6.45) is -5.42. The van der Waals surface area contributed by atoms with Gasteiger partial charge >= 0.3 is 12.5 Å². The Hall–Kier alpha value is -3.99. The van der Waals surface area contributed by atoms with Crippen LogP contribution in [0.25, 0.3) is 22.3 Å². The molecule has 0 radical (unpaired) electrons. The van der Waals surface area contributed by atoms with Crippen molar-refractivity contribution in [2.45, 2.75) is 82.8 Å². The third-order valence-electron chi connectivity index (χ3n) is 8.61. The van der Waals surface area contributed by atoms with Crippen molar-refractivity contribution in [2.24, 2.45) is 0 Å². The summed E-state index contributed by atoms with van der Waals surface area (Å²) in [4.78, 5) is 0. The van der Waals surface area contributed by atoms with Gasteiger partial charge in [0, 0.05) is 5.56 Å². The summed E-state index contributed by atoms with van der Waals surface area (Å²) in [6.45, 7) is 2.10. The van der Waals surface area contributed by atoms with Gasteiger partial charge in [-0.1, -0.05) is 62.2 Å². The summed E-state index contributed by atoms with van der Waals surface area (Å²) in [6, 6.07) is 15.6. The van der Waals surface area contributed by atoms with Gasteiger partial charge in [-0.25, -0.2) is 17.6 Å². The first-order valence-electron chi connectivity index (χ1n) is 15.7. The van der Waals surface area contributed by atoms with Crippen molar-refractivity contribution in [2.75, 3.05) is 0 Å². The molecule has 1 saturated carbocycles. The highest BCUT2D eigenvalue weighted by Gasteiger charge is 2.42. The van der Waals surface area contributed by atoms with Crippen LogP contribution < -0.4 is 4.74 Å². The zero-order chi connectivity index (χ0) is 34.6. The van der Waals surface area contributed by atoms with Crippen molar-refractivity contribution in [1.29, 1.82) is 0 Å². The number of benzene rings is 4. The molecule has 0 N–H and O–H groups in total. The molecule has 0 atom stereocenters. The summed E-state index contributed by atoms with van der Waals surface area (Å²) in [5.74, 6) is -6.20. The Morgan fingerprint density at radius 2 is 1.27 bits per heavy atom. The Labute approximate surface area is 272 Å². The van der Waals surface area contributed by atoms with Gasteiger partial charge in [-0.15, -0.1) is 13.2 Å². The molecule has 4 aromatic rings. The predicted octanol–water partition coefficient (Wildman–Crippen LogP) is 12.0. The van der Waals surface area contributed by atoms with E-state index in [1.165, 1.54) is 12.1 Å². The standard InChI is InChI=1S/C37H33F9O2/c1-2-3-4-5-22-6-8-24(9-7-22)27-20-32(40)35(33(41)21-27)36(42,43)47-28-14-10-23(11-15-28)25-12-16-29(30(38)18-25)26-13-17-34(31(39)19-26)48-37(44,45)46/h6-9,12-13,16-21,23,28H,2-5,10-11,14-15H2,1H3. The Balaban J connectivity index is 1.21. The second-order valence-electron chi connectivity index (χ2n) is 12.0. The van der Waals surface area contributed by atoms with E-state index in [0.29, 0.717) is 24.0 Å². The largest absolute Gasteiger partial charge is 0.573 e. The van der Waals surface area contributed by atoms with Crippen molar-refractivity contribution in [3.05, 3.63) is 113 Å². The molecule has 0 amide bonds. The lowest BCUT2D eigenvalue weighted by Crippen LogP contribution is -2.31. The van der Waals surface area contributed by atoms with Crippen LogP contribution in [0.1, 0.15) is 74.5 Å². The maximum Gasteiger partial charge on any atom is 0.573 e. The predicted molar refractivity (Wildman–Crippen MR) is 163 cm³/mol. The number of alkyl halides is 5. The van der Waals surface area contributed by atoms with E-state index in [9.17, 15) is 17.6 Å². The molecule has 1 aliphatic carbocycles. The summed E-state index contributed by atoms with van der Waals surface area (Å²) in [7, 11) is 0. The molecule has 2 nitrogen and oxygen atoms in total. The molecule has 5 rings (SSSR count). The molecule has 0 saturated heterocycles. The van der Waals surface area contributed by atoms with Gasteiger partial charge in [0.25, 0.3) is 0 Å². The highest BCUT2D eigenvalue weighted by molar-refractivity contribution is 5.66. The van der Waals surface area contributed by atoms with E-state index in [0.717, 1.165) is 61.6 Å². The molecule has 1 aliphatic rings. The van der Waals surface area contributed by atoms with Gasteiger partial charge in [0.05, 0.1) is 6.10 Å². The van der Waals surface area contributed by atoms with Gasteiger partial charge in [0.2, 0.25) is 0 Å². The van der Waals surface area contributed by atoms with Crippen LogP contribution in [0, 0.1) is 23.3 Å². The van der Waals surface area contributed by atoms with Crippen LogP contribution >= 0.6 is 0 Å². The zero-order valence-electron chi connectivity index (χ0n) is 26.0. The number of hydrogen-bond acceptors (Lipinski definition) is 2. The summed E-state index contributed by atoms with van der Waals surface area (Å²) in [5, 5.41) is 0. The van der Waals surface area contributed by atoms with Gasteiger partial charge in [0.15, 0.2) is 11.6 Å². The third kappa shape index (κ3) is 8.53. The van der Waals surface area contributed by atoms with Crippen molar-refractivity contribution in [1.82, 2.24) is 0 Å². The highest BCUT2D eigenvalue weighted by atomic mass is 19.4. The van der Waals surface area contributed by atoms with Crippen molar-refractivity contribution in [3.63, 3.8) is 0 Å². The van der Waals surface area contributed by atoms with Crippen LogP contribution in [0.15, 0.2) is 72.8 Å². The Kier molecular flexibility index (Phi) is 10.8. The monoisotopic (exact) mass is 680 g/mol. The first kappa shape index (κ1) is 35.3. The van der Waals surface area contributed by atoms with Gasteiger partial charge in [0.1, 0.15) is 23.0 Å².